The second-order valence-electron chi connectivity index (χ2n) is 6.30. The molecular formula is C19H19N3O2S. The number of carbonyl (C=O) groups excluding carboxylic acids is 1. The van der Waals surface area contributed by atoms with Gasteiger partial charge in [0.2, 0.25) is 0 Å². The molecule has 3 aromatic rings. The molecule has 0 N–H and O–H groups in total. The fourth-order valence-corrected chi connectivity index (χ4v) is 4.00. The molecule has 4 heterocycles. The van der Waals surface area contributed by atoms with Crippen LogP contribution in [0.25, 0.3) is 10.8 Å². The average molecular weight is 353 g/mol. The van der Waals surface area contributed by atoms with Gasteiger partial charge in [0.1, 0.15) is 11.5 Å². The van der Waals surface area contributed by atoms with Crippen LogP contribution >= 0.6 is 11.3 Å². The molecule has 25 heavy (non-hydrogen) atoms. The summed E-state index contributed by atoms with van der Waals surface area (Å²) in [5.74, 6) is 2.08. The molecule has 128 valence electrons. The van der Waals surface area contributed by atoms with Gasteiger partial charge in [0.15, 0.2) is 10.8 Å². The quantitative estimate of drug-likeness (QED) is 0.710. The molecule has 5 nitrogen and oxygen atoms in total. The van der Waals surface area contributed by atoms with E-state index in [0.717, 1.165) is 42.5 Å². The molecule has 1 aliphatic heterocycles. The van der Waals surface area contributed by atoms with Crippen LogP contribution < -0.4 is 0 Å². The topological polar surface area (TPSA) is 59.2 Å². The van der Waals surface area contributed by atoms with E-state index in [-0.39, 0.29) is 5.91 Å². The Balaban J connectivity index is 1.42. The highest BCUT2D eigenvalue weighted by Crippen LogP contribution is 2.29. The smallest absolute Gasteiger partial charge is 0.273 e. The van der Waals surface area contributed by atoms with E-state index in [2.05, 4.69) is 22.1 Å². The van der Waals surface area contributed by atoms with Crippen LogP contribution in [0.15, 0.2) is 46.5 Å². The number of likely N-dealkylation sites (tertiary alicyclic amines) is 1. The number of hydrogen-bond donors (Lipinski definition) is 0. The van der Waals surface area contributed by atoms with Crippen LogP contribution in [0.1, 0.15) is 40.6 Å². The predicted octanol–water partition coefficient (Wildman–Crippen LogP) is 4.13. The maximum absolute atomic E-state index is 12.7. The summed E-state index contributed by atoms with van der Waals surface area (Å²) >= 11 is 1.45. The minimum Gasteiger partial charge on any atom is -0.459 e. The van der Waals surface area contributed by atoms with E-state index >= 15 is 0 Å². The van der Waals surface area contributed by atoms with Gasteiger partial charge in [0.25, 0.3) is 5.91 Å². The summed E-state index contributed by atoms with van der Waals surface area (Å²) in [5, 5.41) is 2.58. The SMILES string of the molecule is Cc1ccc(-c2nc(C(=O)N3CCC(c4ccncc4)CC3)cs2)o1. The van der Waals surface area contributed by atoms with Gasteiger partial charge in [-0.25, -0.2) is 4.98 Å². The number of hydrogen-bond acceptors (Lipinski definition) is 5. The molecule has 1 aliphatic rings. The number of piperidine rings is 1. The Morgan fingerprint density at radius 1 is 1.20 bits per heavy atom. The molecule has 1 fully saturated rings. The summed E-state index contributed by atoms with van der Waals surface area (Å²) in [6.07, 6.45) is 5.62. The number of nitrogens with zero attached hydrogens (tertiary/aromatic N) is 3. The first-order chi connectivity index (χ1) is 12.2. The van der Waals surface area contributed by atoms with Gasteiger partial charge in [-0.05, 0) is 55.5 Å². The minimum absolute atomic E-state index is 0.0129. The van der Waals surface area contributed by atoms with Gasteiger partial charge in [-0.3, -0.25) is 9.78 Å². The number of amides is 1. The molecule has 4 rings (SSSR count). The van der Waals surface area contributed by atoms with E-state index in [0.29, 0.717) is 11.6 Å². The molecular weight excluding hydrogens is 334 g/mol. The molecule has 0 spiro atoms. The third kappa shape index (κ3) is 3.35. The highest BCUT2D eigenvalue weighted by Gasteiger charge is 2.26. The molecule has 6 heteroatoms. The van der Waals surface area contributed by atoms with E-state index in [1.807, 2.05) is 41.7 Å². The van der Waals surface area contributed by atoms with Crippen LogP contribution in [0, 0.1) is 6.92 Å². The molecule has 0 unspecified atom stereocenters. The van der Waals surface area contributed by atoms with Crippen molar-refractivity contribution in [3.8, 4) is 10.8 Å². The van der Waals surface area contributed by atoms with Crippen LogP contribution in [0.4, 0.5) is 0 Å². The molecule has 3 aromatic heterocycles. The monoisotopic (exact) mass is 353 g/mol. The Morgan fingerprint density at radius 3 is 2.64 bits per heavy atom. The summed E-state index contributed by atoms with van der Waals surface area (Å²) in [6.45, 7) is 3.42. The number of thiazole rings is 1. The Kier molecular flexibility index (Phi) is 4.36. The van der Waals surface area contributed by atoms with Crippen molar-refractivity contribution >= 4 is 17.2 Å². The van der Waals surface area contributed by atoms with Crippen LogP contribution in [0.3, 0.4) is 0 Å². The summed E-state index contributed by atoms with van der Waals surface area (Å²) < 4.78 is 5.59. The molecule has 0 saturated carbocycles. The van der Waals surface area contributed by atoms with Crippen molar-refractivity contribution in [1.82, 2.24) is 14.9 Å². The Hall–Kier alpha value is -2.47. The fourth-order valence-electron chi connectivity index (χ4n) is 3.25. The number of pyridine rings is 1. The Morgan fingerprint density at radius 2 is 1.96 bits per heavy atom. The van der Waals surface area contributed by atoms with Gasteiger partial charge < -0.3 is 9.32 Å². The first-order valence-electron chi connectivity index (χ1n) is 8.42. The first-order valence-corrected chi connectivity index (χ1v) is 9.30. The van der Waals surface area contributed by atoms with Gasteiger partial charge in [0, 0.05) is 30.9 Å². The summed E-state index contributed by atoms with van der Waals surface area (Å²) in [4.78, 5) is 23.2. The van der Waals surface area contributed by atoms with Crippen LogP contribution in [0.5, 0.6) is 0 Å². The van der Waals surface area contributed by atoms with Gasteiger partial charge >= 0.3 is 0 Å². The molecule has 0 radical (unpaired) electrons. The average Bonchev–Trinajstić information content (AvgIpc) is 3.31. The maximum Gasteiger partial charge on any atom is 0.273 e. The van der Waals surface area contributed by atoms with Crippen LogP contribution in [-0.4, -0.2) is 33.9 Å². The molecule has 0 aliphatic carbocycles. The van der Waals surface area contributed by atoms with E-state index in [1.165, 1.54) is 16.9 Å². The van der Waals surface area contributed by atoms with Crippen molar-refractivity contribution in [2.45, 2.75) is 25.7 Å². The van der Waals surface area contributed by atoms with Gasteiger partial charge in [-0.1, -0.05) is 0 Å². The van der Waals surface area contributed by atoms with E-state index in [4.69, 9.17) is 4.42 Å². The van der Waals surface area contributed by atoms with E-state index in [9.17, 15) is 4.79 Å². The van der Waals surface area contributed by atoms with Crippen molar-refractivity contribution in [3.63, 3.8) is 0 Å². The lowest BCUT2D eigenvalue weighted by molar-refractivity contribution is 0.0708. The number of rotatable bonds is 3. The lowest BCUT2D eigenvalue weighted by Gasteiger charge is -2.31. The number of aromatic nitrogens is 2. The molecule has 1 amide bonds. The number of aryl methyl sites for hydroxylation is 1. The largest absolute Gasteiger partial charge is 0.459 e. The third-order valence-electron chi connectivity index (χ3n) is 4.63. The highest BCUT2D eigenvalue weighted by molar-refractivity contribution is 7.13. The lowest BCUT2D eigenvalue weighted by atomic mass is 9.90. The van der Waals surface area contributed by atoms with Gasteiger partial charge in [-0.2, -0.15) is 0 Å². The van der Waals surface area contributed by atoms with Crippen LogP contribution in [0.2, 0.25) is 0 Å². The molecule has 0 atom stereocenters. The highest BCUT2D eigenvalue weighted by atomic mass is 32.1. The standard InChI is InChI=1S/C19H19N3O2S/c1-13-2-3-17(24-13)18-21-16(12-25-18)19(23)22-10-6-15(7-11-22)14-4-8-20-9-5-14/h2-5,8-9,12,15H,6-7,10-11H2,1H3. The third-order valence-corrected chi connectivity index (χ3v) is 5.49. The second-order valence-corrected chi connectivity index (χ2v) is 7.15. The molecule has 0 bridgehead atoms. The zero-order valence-electron chi connectivity index (χ0n) is 14.0. The molecule has 0 aromatic carbocycles. The maximum atomic E-state index is 12.7. The van der Waals surface area contributed by atoms with E-state index in [1.54, 1.807) is 0 Å². The lowest BCUT2D eigenvalue weighted by Crippen LogP contribution is -2.38. The second kappa shape index (κ2) is 6.80. The Bertz CT molecular complexity index is 864. The normalized spacial score (nSPS) is 15.5. The minimum atomic E-state index is 0.0129. The first kappa shape index (κ1) is 16.0. The summed E-state index contributed by atoms with van der Waals surface area (Å²) in [6, 6.07) is 7.94. The van der Waals surface area contributed by atoms with E-state index < -0.39 is 0 Å². The van der Waals surface area contributed by atoms with Gasteiger partial charge in [0.05, 0.1) is 0 Å². The van der Waals surface area contributed by atoms with Crippen molar-refractivity contribution in [2.75, 3.05) is 13.1 Å². The number of furan rings is 1. The van der Waals surface area contributed by atoms with Crippen molar-refractivity contribution in [3.05, 3.63) is 59.1 Å². The van der Waals surface area contributed by atoms with Gasteiger partial charge in [-0.15, -0.1) is 11.3 Å². The summed E-state index contributed by atoms with van der Waals surface area (Å²) in [5.41, 5.74) is 1.82. The predicted molar refractivity (Wildman–Crippen MR) is 96.7 cm³/mol. The number of carbonyl (C=O) groups is 1. The zero-order valence-corrected chi connectivity index (χ0v) is 14.8. The zero-order chi connectivity index (χ0) is 17.2. The van der Waals surface area contributed by atoms with Crippen LogP contribution in [-0.2, 0) is 0 Å². The van der Waals surface area contributed by atoms with Crippen molar-refractivity contribution in [1.29, 1.82) is 0 Å². The van der Waals surface area contributed by atoms with Crippen molar-refractivity contribution < 1.29 is 9.21 Å². The van der Waals surface area contributed by atoms with Crippen molar-refractivity contribution in [2.24, 2.45) is 0 Å². The summed E-state index contributed by atoms with van der Waals surface area (Å²) in [7, 11) is 0. The Labute approximate surface area is 150 Å². The molecule has 1 saturated heterocycles. The fraction of sp³-hybridized carbons (Fsp3) is 0.316.